The van der Waals surface area contributed by atoms with E-state index in [1.807, 2.05) is 0 Å². The lowest BCUT2D eigenvalue weighted by molar-refractivity contribution is -0.144. The van der Waals surface area contributed by atoms with Crippen LogP contribution in [-0.2, 0) is 24.0 Å². The van der Waals surface area contributed by atoms with Crippen LogP contribution in [0.1, 0.15) is 47.0 Å². The summed E-state index contributed by atoms with van der Waals surface area (Å²) in [6.45, 7) is 6.01. The van der Waals surface area contributed by atoms with Crippen LogP contribution in [0.4, 0.5) is 0 Å². The van der Waals surface area contributed by atoms with E-state index < -0.39 is 72.8 Å². The third kappa shape index (κ3) is 9.30. The molecule has 0 rings (SSSR count). The van der Waals surface area contributed by atoms with Crippen LogP contribution in [0.15, 0.2) is 0 Å². The summed E-state index contributed by atoms with van der Waals surface area (Å²) in [5, 5.41) is 34.6. The van der Waals surface area contributed by atoms with Gasteiger partial charge in [0, 0.05) is 0 Å². The molecule has 0 aromatic heterocycles. The van der Waals surface area contributed by atoms with E-state index >= 15 is 0 Å². The maximum Gasteiger partial charge on any atom is 0.326 e. The third-order valence-corrected chi connectivity index (χ3v) is 5.12. The van der Waals surface area contributed by atoms with E-state index in [0.29, 0.717) is 12.8 Å². The summed E-state index contributed by atoms with van der Waals surface area (Å²) in [4.78, 5) is 59.4. The van der Waals surface area contributed by atoms with Gasteiger partial charge in [0.25, 0.3) is 0 Å². The van der Waals surface area contributed by atoms with E-state index in [0.717, 1.165) is 0 Å². The fourth-order valence-corrected chi connectivity index (χ4v) is 2.64. The Morgan fingerprint density at radius 1 is 0.806 bits per heavy atom. The van der Waals surface area contributed by atoms with Crippen molar-refractivity contribution in [2.24, 2.45) is 17.6 Å². The fraction of sp³-hybridized carbons (Fsp3) is 0.737. The number of nitrogens with one attached hydrogen (secondary N) is 3. The summed E-state index contributed by atoms with van der Waals surface area (Å²) >= 11 is 0. The van der Waals surface area contributed by atoms with E-state index in [1.54, 1.807) is 27.7 Å². The molecule has 0 heterocycles. The number of amides is 3. The smallest absolute Gasteiger partial charge is 0.326 e. The number of rotatable bonds is 14. The second-order valence-corrected chi connectivity index (χ2v) is 7.53. The zero-order valence-electron chi connectivity index (χ0n) is 18.3. The number of nitrogens with two attached hydrogens (primary N) is 1. The zero-order chi connectivity index (χ0) is 24.3. The number of hydrogen-bond donors (Lipinski definition) is 7. The van der Waals surface area contributed by atoms with Gasteiger partial charge in [-0.2, -0.15) is 0 Å². The number of carbonyl (C=O) groups excluding carboxylic acids is 3. The van der Waals surface area contributed by atoms with Gasteiger partial charge in [-0.05, 0) is 11.8 Å². The molecule has 0 aliphatic heterocycles. The Kier molecular flexibility index (Phi) is 12.4. The average Bonchev–Trinajstić information content (AvgIpc) is 2.71. The Morgan fingerprint density at radius 3 is 1.71 bits per heavy atom. The van der Waals surface area contributed by atoms with Gasteiger partial charge >= 0.3 is 11.9 Å². The first-order valence-electron chi connectivity index (χ1n) is 10.1. The Hall–Kier alpha value is -2.73. The van der Waals surface area contributed by atoms with E-state index in [9.17, 15) is 34.2 Å². The minimum Gasteiger partial charge on any atom is -0.481 e. The molecule has 6 atom stereocenters. The van der Waals surface area contributed by atoms with Crippen molar-refractivity contribution >= 4 is 29.7 Å². The number of carbonyl (C=O) groups is 5. The summed E-state index contributed by atoms with van der Waals surface area (Å²) in [5.74, 6) is -5.86. The Labute approximate surface area is 180 Å². The van der Waals surface area contributed by atoms with Crippen molar-refractivity contribution in [1.29, 1.82) is 0 Å². The molecule has 0 saturated carbocycles. The Balaban J connectivity index is 5.35. The van der Waals surface area contributed by atoms with Crippen molar-refractivity contribution in [3.63, 3.8) is 0 Å². The molecular formula is C19H34N4O8. The van der Waals surface area contributed by atoms with Crippen molar-refractivity contribution in [2.75, 3.05) is 6.61 Å². The van der Waals surface area contributed by atoms with Gasteiger partial charge in [-0.25, -0.2) is 4.79 Å². The first-order valence-corrected chi connectivity index (χ1v) is 10.1. The Bertz CT molecular complexity index is 657. The third-order valence-electron chi connectivity index (χ3n) is 5.12. The molecule has 0 saturated heterocycles. The van der Waals surface area contributed by atoms with Gasteiger partial charge in [0.1, 0.15) is 18.1 Å². The van der Waals surface area contributed by atoms with Crippen molar-refractivity contribution in [3.05, 3.63) is 0 Å². The maximum absolute atomic E-state index is 12.7. The molecule has 31 heavy (non-hydrogen) atoms. The average molecular weight is 447 g/mol. The Morgan fingerprint density at radius 2 is 1.29 bits per heavy atom. The van der Waals surface area contributed by atoms with E-state index in [-0.39, 0.29) is 5.92 Å². The lowest BCUT2D eigenvalue weighted by atomic mass is 9.97. The number of aliphatic hydroxyl groups is 1. The van der Waals surface area contributed by atoms with Gasteiger partial charge in [-0.1, -0.05) is 40.5 Å². The van der Waals surface area contributed by atoms with Crippen molar-refractivity contribution < 1.29 is 39.3 Å². The molecule has 12 heteroatoms. The van der Waals surface area contributed by atoms with Crippen LogP contribution in [0.5, 0.6) is 0 Å². The fourth-order valence-electron chi connectivity index (χ4n) is 2.64. The molecule has 0 aliphatic carbocycles. The van der Waals surface area contributed by atoms with Gasteiger partial charge in [-0.3, -0.25) is 19.2 Å². The van der Waals surface area contributed by atoms with Crippen LogP contribution < -0.4 is 21.7 Å². The highest BCUT2D eigenvalue weighted by molar-refractivity contribution is 5.94. The largest absolute Gasteiger partial charge is 0.481 e. The topological polar surface area (TPSA) is 208 Å². The van der Waals surface area contributed by atoms with Crippen LogP contribution in [-0.4, -0.2) is 75.8 Å². The molecule has 3 amide bonds. The normalized spacial score (nSPS) is 16.7. The highest BCUT2D eigenvalue weighted by Gasteiger charge is 2.33. The first-order chi connectivity index (χ1) is 14.4. The number of aliphatic carboxylic acids is 2. The molecular weight excluding hydrogens is 412 g/mol. The lowest BCUT2D eigenvalue weighted by Gasteiger charge is -2.27. The van der Waals surface area contributed by atoms with Crippen LogP contribution in [0.25, 0.3) is 0 Å². The van der Waals surface area contributed by atoms with Crippen LogP contribution in [0.2, 0.25) is 0 Å². The van der Waals surface area contributed by atoms with Gasteiger partial charge in [0.15, 0.2) is 0 Å². The zero-order valence-corrected chi connectivity index (χ0v) is 18.3. The number of carboxylic acids is 2. The van der Waals surface area contributed by atoms with Crippen molar-refractivity contribution in [2.45, 2.75) is 71.1 Å². The summed E-state index contributed by atoms with van der Waals surface area (Å²) in [5.41, 5.74) is 5.52. The number of hydrogen-bond acceptors (Lipinski definition) is 7. The second-order valence-electron chi connectivity index (χ2n) is 7.53. The highest BCUT2D eigenvalue weighted by Crippen LogP contribution is 2.10. The second kappa shape index (κ2) is 13.5. The molecule has 0 aromatic rings. The SMILES string of the molecule is CCC(C)C(NC(=O)C(CO)NC(=O)C(NC(=O)C(N)CC(=O)O)C(C)CC)C(=O)O. The molecule has 8 N–H and O–H groups in total. The van der Waals surface area contributed by atoms with E-state index in [2.05, 4.69) is 16.0 Å². The summed E-state index contributed by atoms with van der Waals surface area (Å²) in [6, 6.07) is -5.18. The predicted octanol–water partition coefficient (Wildman–Crippen LogP) is -1.59. The van der Waals surface area contributed by atoms with Crippen molar-refractivity contribution in [1.82, 2.24) is 16.0 Å². The molecule has 0 aliphatic rings. The molecule has 12 nitrogen and oxygen atoms in total. The molecule has 0 spiro atoms. The molecule has 0 bridgehead atoms. The quantitative estimate of drug-likeness (QED) is 0.164. The standard InChI is InChI=1S/C19H34N4O8/c1-5-9(3)14(22-16(27)11(20)7-13(25)26)18(29)21-12(8-24)17(28)23-15(19(30)31)10(4)6-2/h9-12,14-15,24H,5-8,20H2,1-4H3,(H,21,29)(H,22,27)(H,23,28)(H,25,26)(H,30,31). The number of carboxylic acid groups (broad SMARTS) is 2. The van der Waals surface area contributed by atoms with E-state index in [4.69, 9.17) is 10.8 Å². The molecule has 6 unspecified atom stereocenters. The maximum atomic E-state index is 12.7. The molecule has 0 fully saturated rings. The molecule has 178 valence electrons. The monoisotopic (exact) mass is 446 g/mol. The summed E-state index contributed by atoms with van der Waals surface area (Å²) in [7, 11) is 0. The minimum absolute atomic E-state index is 0.389. The highest BCUT2D eigenvalue weighted by atomic mass is 16.4. The van der Waals surface area contributed by atoms with E-state index in [1.165, 1.54) is 0 Å². The summed E-state index contributed by atoms with van der Waals surface area (Å²) in [6.07, 6.45) is 0.304. The molecule has 0 radical (unpaired) electrons. The van der Waals surface area contributed by atoms with Gasteiger partial charge < -0.3 is 37.0 Å². The van der Waals surface area contributed by atoms with Crippen LogP contribution in [0, 0.1) is 11.8 Å². The van der Waals surface area contributed by atoms with Gasteiger partial charge in [0.05, 0.1) is 19.1 Å². The summed E-state index contributed by atoms with van der Waals surface area (Å²) < 4.78 is 0. The van der Waals surface area contributed by atoms with Gasteiger partial charge in [0.2, 0.25) is 17.7 Å². The minimum atomic E-state index is -1.45. The predicted molar refractivity (Wildman–Crippen MR) is 110 cm³/mol. The lowest BCUT2D eigenvalue weighted by Crippen LogP contribution is -2.60. The van der Waals surface area contributed by atoms with Gasteiger partial charge in [-0.15, -0.1) is 0 Å². The van der Waals surface area contributed by atoms with Crippen molar-refractivity contribution in [3.8, 4) is 0 Å². The van der Waals surface area contributed by atoms with Crippen LogP contribution in [0.3, 0.4) is 0 Å². The molecule has 0 aromatic carbocycles. The first kappa shape index (κ1) is 28.3. The van der Waals surface area contributed by atoms with Crippen LogP contribution >= 0.6 is 0 Å². The number of aliphatic hydroxyl groups excluding tert-OH is 1.